The molecular formula is C27H32N6O5. The lowest BCUT2D eigenvalue weighted by Gasteiger charge is -2.33. The fourth-order valence-corrected chi connectivity index (χ4v) is 5.60. The van der Waals surface area contributed by atoms with E-state index in [1.165, 1.54) is 13.7 Å². The lowest BCUT2D eigenvalue weighted by molar-refractivity contribution is 0.0693. The van der Waals surface area contributed by atoms with Crippen LogP contribution in [0.5, 0.6) is 0 Å². The number of anilines is 1. The number of aliphatic hydroxyl groups is 1. The summed E-state index contributed by atoms with van der Waals surface area (Å²) in [6, 6.07) is 8.38. The van der Waals surface area contributed by atoms with Crippen LogP contribution in [-0.4, -0.2) is 53.9 Å². The van der Waals surface area contributed by atoms with Gasteiger partial charge >= 0.3 is 11.4 Å². The van der Waals surface area contributed by atoms with Gasteiger partial charge in [-0.1, -0.05) is 11.6 Å². The van der Waals surface area contributed by atoms with Crippen LogP contribution in [0.4, 0.5) is 5.69 Å². The quantitative estimate of drug-likeness (QED) is 0.379. The number of rotatable bonds is 5. The van der Waals surface area contributed by atoms with Crippen molar-refractivity contribution in [3.05, 3.63) is 72.8 Å². The third kappa shape index (κ3) is 3.94. The number of aromatic nitrogens is 4. The summed E-state index contributed by atoms with van der Waals surface area (Å²) in [6.07, 6.45) is 0.892. The molecule has 1 amide bonds. The number of hydrogen-bond acceptors (Lipinski definition) is 6. The van der Waals surface area contributed by atoms with E-state index in [1.807, 2.05) is 19.9 Å². The standard InChI is InChI=1S/C27H32N6O5/c1-4-31-23-15-20(28)18(14-22(23)32(11-12-34)27(31)38)24(35)30-9-7-17(8-10-30)33-25(36)19-13-16(2)5-6-21(19)29(3)26(33)37/h5-6,13-15,17,34H,4,7-12,28H2,1-3H3. The predicted octanol–water partition coefficient (Wildman–Crippen LogP) is 1.20. The van der Waals surface area contributed by atoms with Gasteiger partial charge in [0.05, 0.1) is 40.7 Å². The number of aliphatic hydroxyl groups excluding tert-OH is 1. The molecule has 1 aliphatic heterocycles. The molecule has 1 saturated heterocycles. The minimum atomic E-state index is -0.367. The number of nitrogens with zero attached hydrogens (tertiary/aromatic N) is 5. The summed E-state index contributed by atoms with van der Waals surface area (Å²) in [5.74, 6) is -0.274. The SMILES string of the molecule is CCn1c(=O)n(CCO)c2cc(C(=O)N3CCC(n4c(=O)c5cc(C)ccc5n(C)c4=O)CC3)c(N)cc21. The zero-order valence-corrected chi connectivity index (χ0v) is 21.8. The van der Waals surface area contributed by atoms with Crippen LogP contribution in [-0.2, 0) is 20.1 Å². The third-order valence-electron chi connectivity index (χ3n) is 7.63. The molecule has 11 heteroatoms. The van der Waals surface area contributed by atoms with E-state index < -0.39 is 0 Å². The molecule has 1 aliphatic rings. The number of fused-ring (bicyclic) bond motifs is 2. The molecule has 0 unspecified atom stereocenters. The molecule has 3 heterocycles. The summed E-state index contributed by atoms with van der Waals surface area (Å²) in [4.78, 5) is 54.4. The average molecular weight is 521 g/mol. The third-order valence-corrected chi connectivity index (χ3v) is 7.63. The first-order valence-electron chi connectivity index (χ1n) is 12.8. The van der Waals surface area contributed by atoms with E-state index in [1.54, 1.807) is 40.8 Å². The smallest absolute Gasteiger partial charge is 0.331 e. The van der Waals surface area contributed by atoms with Crippen LogP contribution in [0.15, 0.2) is 44.7 Å². The van der Waals surface area contributed by atoms with Gasteiger partial charge in [0, 0.05) is 38.4 Å². The maximum absolute atomic E-state index is 13.5. The Labute approximate surface area is 217 Å². The van der Waals surface area contributed by atoms with Gasteiger partial charge in [0.25, 0.3) is 11.5 Å². The van der Waals surface area contributed by atoms with Gasteiger partial charge in [-0.2, -0.15) is 0 Å². The minimum Gasteiger partial charge on any atom is -0.398 e. The largest absolute Gasteiger partial charge is 0.398 e. The van der Waals surface area contributed by atoms with Crippen LogP contribution in [0.2, 0.25) is 0 Å². The molecule has 5 rings (SSSR count). The Bertz CT molecular complexity index is 1750. The van der Waals surface area contributed by atoms with E-state index >= 15 is 0 Å². The minimum absolute atomic E-state index is 0.111. The van der Waals surface area contributed by atoms with Crippen LogP contribution in [0.1, 0.15) is 41.7 Å². The van der Waals surface area contributed by atoms with Crippen molar-refractivity contribution in [2.24, 2.45) is 7.05 Å². The van der Waals surface area contributed by atoms with Gasteiger partial charge in [-0.25, -0.2) is 9.59 Å². The first-order chi connectivity index (χ1) is 18.2. The highest BCUT2D eigenvalue weighted by Crippen LogP contribution is 2.27. The summed E-state index contributed by atoms with van der Waals surface area (Å²) < 4.78 is 5.83. The van der Waals surface area contributed by atoms with Crippen LogP contribution >= 0.6 is 0 Å². The molecule has 200 valence electrons. The van der Waals surface area contributed by atoms with E-state index in [9.17, 15) is 24.3 Å². The van der Waals surface area contributed by atoms with Gasteiger partial charge in [0.15, 0.2) is 0 Å². The Morgan fingerprint density at radius 1 is 1.00 bits per heavy atom. The van der Waals surface area contributed by atoms with Crippen molar-refractivity contribution in [2.45, 2.75) is 45.8 Å². The van der Waals surface area contributed by atoms with Crippen molar-refractivity contribution >= 4 is 33.5 Å². The van der Waals surface area contributed by atoms with Gasteiger partial charge in [-0.05, 0) is 51.0 Å². The van der Waals surface area contributed by atoms with Crippen molar-refractivity contribution in [1.29, 1.82) is 0 Å². The molecule has 0 saturated carbocycles. The van der Waals surface area contributed by atoms with E-state index in [2.05, 4.69) is 0 Å². The average Bonchev–Trinajstić information content (AvgIpc) is 3.16. The number of amides is 1. The first-order valence-corrected chi connectivity index (χ1v) is 12.8. The fourth-order valence-electron chi connectivity index (χ4n) is 5.60. The molecule has 2 aromatic heterocycles. The number of nitrogens with two attached hydrogens (primary N) is 1. The van der Waals surface area contributed by atoms with Gasteiger partial charge in [-0.15, -0.1) is 0 Å². The van der Waals surface area contributed by atoms with Crippen molar-refractivity contribution in [1.82, 2.24) is 23.2 Å². The van der Waals surface area contributed by atoms with Crippen LogP contribution in [0, 0.1) is 6.92 Å². The maximum Gasteiger partial charge on any atom is 0.331 e. The van der Waals surface area contributed by atoms with Gasteiger partial charge in [0.1, 0.15) is 0 Å². The fraction of sp³-hybridized carbons (Fsp3) is 0.407. The highest BCUT2D eigenvalue weighted by atomic mass is 16.3. The monoisotopic (exact) mass is 520 g/mol. The van der Waals surface area contributed by atoms with Crippen LogP contribution in [0.25, 0.3) is 21.9 Å². The van der Waals surface area contributed by atoms with E-state index in [0.29, 0.717) is 54.4 Å². The molecule has 11 nitrogen and oxygen atoms in total. The van der Waals surface area contributed by atoms with Crippen LogP contribution < -0.4 is 22.7 Å². The summed E-state index contributed by atoms with van der Waals surface area (Å²) in [6.45, 7) is 4.78. The van der Waals surface area contributed by atoms with E-state index in [0.717, 1.165) is 5.56 Å². The highest BCUT2D eigenvalue weighted by molar-refractivity contribution is 6.03. The maximum atomic E-state index is 13.5. The van der Waals surface area contributed by atoms with Crippen molar-refractivity contribution in [3.8, 4) is 0 Å². The van der Waals surface area contributed by atoms with Crippen molar-refractivity contribution in [3.63, 3.8) is 0 Å². The topological polar surface area (TPSA) is 137 Å². The van der Waals surface area contributed by atoms with Crippen molar-refractivity contribution < 1.29 is 9.90 Å². The second-order valence-corrected chi connectivity index (χ2v) is 9.89. The summed E-state index contributed by atoms with van der Waals surface area (Å²) >= 11 is 0. The zero-order valence-electron chi connectivity index (χ0n) is 21.8. The second kappa shape index (κ2) is 9.64. The molecule has 0 spiro atoms. The number of likely N-dealkylation sites (tertiary alicyclic amines) is 1. The summed E-state index contributed by atoms with van der Waals surface area (Å²) in [5, 5.41) is 9.95. The van der Waals surface area contributed by atoms with E-state index in [4.69, 9.17) is 5.73 Å². The Morgan fingerprint density at radius 3 is 2.34 bits per heavy atom. The number of piperidine rings is 1. The van der Waals surface area contributed by atoms with Crippen molar-refractivity contribution in [2.75, 3.05) is 25.4 Å². The lowest BCUT2D eigenvalue weighted by atomic mass is 10.0. The molecule has 0 aliphatic carbocycles. The number of imidazole rings is 1. The molecule has 38 heavy (non-hydrogen) atoms. The number of carbonyl (C=O) groups is 1. The second-order valence-electron chi connectivity index (χ2n) is 9.89. The molecule has 0 atom stereocenters. The van der Waals surface area contributed by atoms with Gasteiger partial charge < -0.3 is 15.7 Å². The number of aryl methyl sites for hydroxylation is 3. The first kappa shape index (κ1) is 25.5. The Hall–Kier alpha value is -4.12. The molecular weight excluding hydrogens is 488 g/mol. The molecule has 2 aromatic carbocycles. The molecule has 0 bridgehead atoms. The lowest BCUT2D eigenvalue weighted by Crippen LogP contribution is -2.46. The Morgan fingerprint density at radius 2 is 1.68 bits per heavy atom. The molecule has 1 fully saturated rings. The van der Waals surface area contributed by atoms with Gasteiger partial charge in [0.2, 0.25) is 0 Å². The van der Waals surface area contributed by atoms with Gasteiger partial charge in [-0.3, -0.25) is 27.9 Å². The predicted molar refractivity (Wildman–Crippen MR) is 146 cm³/mol. The Balaban J connectivity index is 1.45. The number of benzene rings is 2. The summed E-state index contributed by atoms with van der Waals surface area (Å²) in [7, 11) is 1.66. The summed E-state index contributed by atoms with van der Waals surface area (Å²) in [5.41, 5.74) is 8.57. The normalized spacial score (nSPS) is 14.6. The highest BCUT2D eigenvalue weighted by Gasteiger charge is 2.29. The van der Waals surface area contributed by atoms with Crippen LogP contribution in [0.3, 0.4) is 0 Å². The Kier molecular flexibility index (Phi) is 6.47. The number of nitrogen functional groups attached to an aromatic ring is 1. The molecule has 0 radical (unpaired) electrons. The molecule has 3 N–H and O–H groups in total. The number of carbonyl (C=O) groups excluding carboxylic acids is 1. The molecule has 4 aromatic rings. The van der Waals surface area contributed by atoms with E-state index in [-0.39, 0.29) is 53.3 Å². The zero-order chi connectivity index (χ0) is 27.3. The number of hydrogen-bond donors (Lipinski definition) is 2.